The van der Waals surface area contributed by atoms with Crippen molar-refractivity contribution in [2.75, 3.05) is 0 Å². The molecule has 7 heteroatoms. The molecule has 3 heterocycles. The molecule has 1 aliphatic rings. The number of rotatable bonds is 4. The first-order valence-corrected chi connectivity index (χ1v) is 8.47. The van der Waals surface area contributed by atoms with Gasteiger partial charge in [0.15, 0.2) is 5.65 Å². The molecule has 0 saturated heterocycles. The van der Waals surface area contributed by atoms with Gasteiger partial charge in [-0.05, 0) is 31.2 Å². The summed E-state index contributed by atoms with van der Waals surface area (Å²) in [5.74, 6) is 0.188. The van der Waals surface area contributed by atoms with Gasteiger partial charge in [-0.1, -0.05) is 6.07 Å². The molecule has 1 atom stereocenters. The number of carbonyl (C=O) groups excluding carboxylic acids is 1. The predicted octanol–water partition coefficient (Wildman–Crippen LogP) is 2.34. The average Bonchev–Trinajstić information content (AvgIpc) is 3.07. The number of nitrogens with one attached hydrogen (secondary N) is 2. The monoisotopic (exact) mass is 328 g/mol. The van der Waals surface area contributed by atoms with Gasteiger partial charge < -0.3 is 5.32 Å². The maximum Gasteiger partial charge on any atom is 0.272 e. The van der Waals surface area contributed by atoms with E-state index in [4.69, 9.17) is 0 Å². The van der Waals surface area contributed by atoms with Gasteiger partial charge in [-0.25, -0.2) is 9.50 Å². The zero-order valence-electron chi connectivity index (χ0n) is 12.6. The van der Waals surface area contributed by atoms with Crippen molar-refractivity contribution in [1.29, 1.82) is 0 Å². The van der Waals surface area contributed by atoms with Gasteiger partial charge in [0.25, 0.3) is 5.56 Å². The Morgan fingerprint density at radius 3 is 3.00 bits per heavy atom. The Morgan fingerprint density at radius 1 is 1.48 bits per heavy atom. The highest BCUT2D eigenvalue weighted by atomic mass is 32.1. The lowest BCUT2D eigenvalue weighted by Gasteiger charge is -2.12. The van der Waals surface area contributed by atoms with E-state index in [9.17, 15) is 9.59 Å². The van der Waals surface area contributed by atoms with Crippen LogP contribution in [0.25, 0.3) is 16.2 Å². The van der Waals surface area contributed by atoms with E-state index < -0.39 is 0 Å². The van der Waals surface area contributed by atoms with Crippen molar-refractivity contribution in [1.82, 2.24) is 19.9 Å². The van der Waals surface area contributed by atoms with E-state index >= 15 is 0 Å². The maximum atomic E-state index is 12.3. The number of aromatic nitrogens is 3. The standard InChI is InChI=1S/C16H16N4O2S/c1-9(17-16(22)10-4-5-10)11-8-15(21)20-14(18-11)7-12(19-20)13-3-2-6-23-13/h2-3,6-10,19H,4-5H2,1H3,(H,17,22). The fourth-order valence-corrected chi connectivity index (χ4v) is 3.23. The number of aromatic amines is 1. The lowest BCUT2D eigenvalue weighted by Crippen LogP contribution is -2.29. The number of fused-ring (bicyclic) bond motifs is 1. The van der Waals surface area contributed by atoms with Gasteiger partial charge in [-0.3, -0.25) is 14.7 Å². The van der Waals surface area contributed by atoms with Crippen molar-refractivity contribution < 1.29 is 4.79 Å². The summed E-state index contributed by atoms with van der Waals surface area (Å²) in [5.41, 5.74) is 1.82. The fraction of sp³-hybridized carbons (Fsp3) is 0.312. The third-order valence-corrected chi connectivity index (χ3v) is 4.91. The van der Waals surface area contributed by atoms with Crippen LogP contribution >= 0.6 is 11.3 Å². The normalized spacial score (nSPS) is 15.7. The molecule has 0 aliphatic heterocycles. The first-order chi connectivity index (χ1) is 11.1. The van der Waals surface area contributed by atoms with Gasteiger partial charge in [-0.15, -0.1) is 11.3 Å². The molecule has 6 nitrogen and oxygen atoms in total. The molecule has 0 bridgehead atoms. The quantitative estimate of drug-likeness (QED) is 0.771. The van der Waals surface area contributed by atoms with Gasteiger partial charge in [0, 0.05) is 18.1 Å². The summed E-state index contributed by atoms with van der Waals surface area (Å²) in [6, 6.07) is 7.00. The number of nitrogens with zero attached hydrogens (tertiary/aromatic N) is 2. The van der Waals surface area contributed by atoms with Gasteiger partial charge in [0.2, 0.25) is 5.91 Å². The molecule has 1 aliphatic carbocycles. The molecule has 3 aromatic heterocycles. The molecule has 0 aromatic carbocycles. The van der Waals surface area contributed by atoms with Crippen LogP contribution in [0.15, 0.2) is 34.4 Å². The van der Waals surface area contributed by atoms with Crippen LogP contribution in [0, 0.1) is 5.92 Å². The highest BCUT2D eigenvalue weighted by Crippen LogP contribution is 2.29. The average molecular weight is 328 g/mol. The number of carbonyl (C=O) groups is 1. The predicted molar refractivity (Wildman–Crippen MR) is 88.4 cm³/mol. The number of hydrogen-bond donors (Lipinski definition) is 2. The molecular weight excluding hydrogens is 312 g/mol. The Hall–Kier alpha value is -2.41. The summed E-state index contributed by atoms with van der Waals surface area (Å²) in [6.45, 7) is 1.85. The minimum absolute atomic E-state index is 0.0489. The molecule has 2 N–H and O–H groups in total. The van der Waals surface area contributed by atoms with E-state index in [0.717, 1.165) is 23.4 Å². The molecular formula is C16H16N4O2S. The Balaban J connectivity index is 1.68. The molecule has 1 saturated carbocycles. The molecule has 118 valence electrons. The Kier molecular flexibility index (Phi) is 3.30. The minimum atomic E-state index is -0.277. The molecule has 23 heavy (non-hydrogen) atoms. The second kappa shape index (κ2) is 5.34. The third kappa shape index (κ3) is 2.68. The smallest absolute Gasteiger partial charge is 0.272 e. The highest BCUT2D eigenvalue weighted by Gasteiger charge is 2.30. The van der Waals surface area contributed by atoms with Crippen LogP contribution in [0.2, 0.25) is 0 Å². The Labute approximate surface area is 136 Å². The summed E-state index contributed by atoms with van der Waals surface area (Å²) in [4.78, 5) is 29.7. The largest absolute Gasteiger partial charge is 0.348 e. The van der Waals surface area contributed by atoms with E-state index in [1.165, 1.54) is 10.6 Å². The minimum Gasteiger partial charge on any atom is -0.348 e. The van der Waals surface area contributed by atoms with Crippen LogP contribution in [-0.4, -0.2) is 20.5 Å². The molecule has 0 radical (unpaired) electrons. The van der Waals surface area contributed by atoms with Gasteiger partial charge in [0.1, 0.15) is 0 Å². The van der Waals surface area contributed by atoms with Crippen molar-refractivity contribution in [3.8, 4) is 10.6 Å². The highest BCUT2D eigenvalue weighted by molar-refractivity contribution is 7.13. The SMILES string of the molecule is CC(NC(=O)C1CC1)c1cc(=O)n2[nH]c(-c3cccs3)cc2n1. The lowest BCUT2D eigenvalue weighted by molar-refractivity contribution is -0.122. The molecule has 3 aromatic rings. The van der Waals surface area contributed by atoms with Crippen LogP contribution < -0.4 is 10.9 Å². The first kappa shape index (κ1) is 14.2. The van der Waals surface area contributed by atoms with Crippen LogP contribution in [-0.2, 0) is 4.79 Å². The number of H-pyrrole nitrogens is 1. The van der Waals surface area contributed by atoms with Crippen molar-refractivity contribution in [3.05, 3.63) is 45.7 Å². The van der Waals surface area contributed by atoms with Crippen molar-refractivity contribution in [2.45, 2.75) is 25.8 Å². The number of thiophene rings is 1. The zero-order valence-corrected chi connectivity index (χ0v) is 13.4. The van der Waals surface area contributed by atoms with Gasteiger partial charge >= 0.3 is 0 Å². The summed E-state index contributed by atoms with van der Waals surface area (Å²) < 4.78 is 1.42. The Morgan fingerprint density at radius 2 is 2.30 bits per heavy atom. The van der Waals surface area contributed by atoms with Crippen LogP contribution in [0.5, 0.6) is 0 Å². The number of hydrogen-bond acceptors (Lipinski definition) is 4. The van der Waals surface area contributed by atoms with Crippen LogP contribution in [0.1, 0.15) is 31.5 Å². The second-order valence-electron chi connectivity index (χ2n) is 5.86. The zero-order chi connectivity index (χ0) is 16.0. The van der Waals surface area contributed by atoms with Gasteiger partial charge in [0.05, 0.1) is 22.3 Å². The Bertz CT molecular complexity index is 921. The third-order valence-electron chi connectivity index (χ3n) is 4.01. The van der Waals surface area contributed by atoms with Gasteiger partial charge in [-0.2, -0.15) is 0 Å². The van der Waals surface area contributed by atoms with E-state index in [0.29, 0.717) is 11.3 Å². The van der Waals surface area contributed by atoms with Crippen LogP contribution in [0.3, 0.4) is 0 Å². The molecule has 1 unspecified atom stereocenters. The van der Waals surface area contributed by atoms with Crippen LogP contribution in [0.4, 0.5) is 0 Å². The topological polar surface area (TPSA) is 79.3 Å². The summed E-state index contributed by atoms with van der Waals surface area (Å²) in [5, 5.41) is 7.98. The van der Waals surface area contributed by atoms with Crippen molar-refractivity contribution in [3.63, 3.8) is 0 Å². The molecule has 1 amide bonds. The fourth-order valence-electron chi connectivity index (χ4n) is 2.54. The lowest BCUT2D eigenvalue weighted by atomic mass is 10.2. The molecule has 4 rings (SSSR count). The van der Waals surface area contributed by atoms with Crippen molar-refractivity contribution >= 4 is 22.9 Å². The van der Waals surface area contributed by atoms with E-state index in [1.54, 1.807) is 11.3 Å². The summed E-state index contributed by atoms with van der Waals surface area (Å²) in [6.07, 6.45) is 1.91. The summed E-state index contributed by atoms with van der Waals surface area (Å²) >= 11 is 1.59. The molecule has 0 spiro atoms. The molecule has 1 fully saturated rings. The summed E-state index contributed by atoms with van der Waals surface area (Å²) in [7, 11) is 0. The second-order valence-corrected chi connectivity index (χ2v) is 6.81. The maximum absolute atomic E-state index is 12.3. The first-order valence-electron chi connectivity index (χ1n) is 7.59. The number of amides is 1. The van der Waals surface area contributed by atoms with E-state index in [2.05, 4.69) is 15.4 Å². The van der Waals surface area contributed by atoms with E-state index in [-0.39, 0.29) is 23.4 Å². The van der Waals surface area contributed by atoms with Crippen molar-refractivity contribution in [2.24, 2.45) is 5.92 Å². The van der Waals surface area contributed by atoms with E-state index in [1.807, 2.05) is 30.5 Å².